The van der Waals surface area contributed by atoms with Crippen LogP contribution in [0, 0.1) is 16.0 Å². The molecule has 0 fully saturated rings. The van der Waals surface area contributed by atoms with Gasteiger partial charge in [0.15, 0.2) is 0 Å². The van der Waals surface area contributed by atoms with Crippen LogP contribution >= 0.6 is 0 Å². The average Bonchev–Trinajstić information content (AvgIpc) is 2.76. The van der Waals surface area contributed by atoms with Crippen LogP contribution in [-0.4, -0.2) is 26.7 Å². The van der Waals surface area contributed by atoms with Gasteiger partial charge in [-0.3, -0.25) is 4.79 Å². The van der Waals surface area contributed by atoms with Gasteiger partial charge in [0.2, 0.25) is 5.91 Å². The summed E-state index contributed by atoms with van der Waals surface area (Å²) in [6.45, 7) is 6.31. The van der Waals surface area contributed by atoms with E-state index in [0.29, 0.717) is 5.92 Å². The second-order valence-corrected chi connectivity index (χ2v) is 5.42. The molecule has 1 unspecified atom stereocenters. The highest BCUT2D eigenvalue weighted by Gasteiger charge is 2.14. The van der Waals surface area contributed by atoms with Crippen molar-refractivity contribution in [3.8, 4) is 0 Å². The minimum atomic E-state index is -0.580. The third kappa shape index (κ3) is 5.81. The smallest absolute Gasteiger partial charge is 0.358 e. The van der Waals surface area contributed by atoms with E-state index in [-0.39, 0.29) is 24.3 Å². The van der Waals surface area contributed by atoms with E-state index in [1.54, 1.807) is 0 Å². The third-order valence-electron chi connectivity index (χ3n) is 2.95. The number of carbonyl (C=O) groups excluding carboxylic acids is 1. The fraction of sp³-hybridized carbons (Fsp3) is 0.692. The van der Waals surface area contributed by atoms with Crippen LogP contribution in [0.25, 0.3) is 0 Å². The highest BCUT2D eigenvalue weighted by atomic mass is 16.6. The number of aromatic nitrogens is 2. The van der Waals surface area contributed by atoms with Crippen molar-refractivity contribution >= 4 is 11.7 Å². The molecule has 1 heterocycles. The molecule has 112 valence electrons. The van der Waals surface area contributed by atoms with Gasteiger partial charge in [-0.1, -0.05) is 26.7 Å². The molecular weight excluding hydrogens is 260 g/mol. The van der Waals surface area contributed by atoms with E-state index < -0.39 is 4.92 Å². The van der Waals surface area contributed by atoms with Crippen LogP contribution in [0.4, 0.5) is 5.82 Å². The zero-order chi connectivity index (χ0) is 15.1. The lowest BCUT2D eigenvalue weighted by Crippen LogP contribution is -2.35. The fourth-order valence-corrected chi connectivity index (χ4v) is 1.91. The van der Waals surface area contributed by atoms with Gasteiger partial charge in [0.05, 0.1) is 17.4 Å². The standard InChI is InChI=1S/C13H22N4O3/c1-10(2)5-4-6-11(3)14-13(18)9-16-8-7-12(15-16)17(19)20/h7-8,10-11H,4-6,9H2,1-3H3,(H,14,18). The van der Waals surface area contributed by atoms with E-state index in [2.05, 4.69) is 24.3 Å². The summed E-state index contributed by atoms with van der Waals surface area (Å²) >= 11 is 0. The predicted octanol–water partition coefficient (Wildman–Crippen LogP) is 2.12. The highest BCUT2D eigenvalue weighted by Crippen LogP contribution is 2.08. The Morgan fingerprint density at radius 3 is 2.70 bits per heavy atom. The Morgan fingerprint density at radius 1 is 1.45 bits per heavy atom. The molecule has 0 bridgehead atoms. The molecule has 7 heteroatoms. The van der Waals surface area contributed by atoms with Crippen LogP contribution in [0.3, 0.4) is 0 Å². The Balaban J connectivity index is 2.33. The van der Waals surface area contributed by atoms with E-state index in [9.17, 15) is 14.9 Å². The van der Waals surface area contributed by atoms with E-state index in [1.165, 1.54) is 16.9 Å². The van der Waals surface area contributed by atoms with Crippen LogP contribution in [0.2, 0.25) is 0 Å². The highest BCUT2D eigenvalue weighted by molar-refractivity contribution is 5.75. The number of nitrogens with zero attached hydrogens (tertiary/aromatic N) is 3. The Labute approximate surface area is 118 Å². The Morgan fingerprint density at radius 2 is 2.15 bits per heavy atom. The number of rotatable bonds is 8. The van der Waals surface area contributed by atoms with Crippen LogP contribution in [0.15, 0.2) is 12.3 Å². The molecule has 0 aliphatic carbocycles. The molecular formula is C13H22N4O3. The maximum absolute atomic E-state index is 11.8. The van der Waals surface area contributed by atoms with Crippen LogP contribution < -0.4 is 5.32 Å². The van der Waals surface area contributed by atoms with Crippen molar-refractivity contribution in [1.29, 1.82) is 0 Å². The zero-order valence-corrected chi connectivity index (χ0v) is 12.2. The van der Waals surface area contributed by atoms with Gasteiger partial charge in [0.1, 0.15) is 6.54 Å². The first-order valence-electron chi connectivity index (χ1n) is 6.85. The van der Waals surface area contributed by atoms with Gasteiger partial charge in [-0.15, -0.1) is 0 Å². The maximum atomic E-state index is 11.8. The molecule has 0 aromatic carbocycles. The van der Waals surface area contributed by atoms with Crippen molar-refractivity contribution < 1.29 is 9.72 Å². The predicted molar refractivity (Wildman–Crippen MR) is 75.2 cm³/mol. The summed E-state index contributed by atoms with van der Waals surface area (Å²) in [5, 5.41) is 17.1. The first kappa shape index (κ1) is 16.1. The van der Waals surface area contributed by atoms with Crippen LogP contribution in [0.1, 0.15) is 40.0 Å². The molecule has 1 aromatic rings. The molecule has 1 atom stereocenters. The van der Waals surface area contributed by atoms with Crippen molar-refractivity contribution in [1.82, 2.24) is 15.1 Å². The lowest BCUT2D eigenvalue weighted by atomic mass is 10.0. The number of nitro groups is 1. The van der Waals surface area contributed by atoms with E-state index in [1.807, 2.05) is 6.92 Å². The largest absolute Gasteiger partial charge is 0.389 e. The third-order valence-corrected chi connectivity index (χ3v) is 2.95. The molecule has 0 saturated carbocycles. The van der Waals surface area contributed by atoms with Gasteiger partial charge in [-0.2, -0.15) is 4.68 Å². The molecule has 1 N–H and O–H groups in total. The lowest BCUT2D eigenvalue weighted by molar-refractivity contribution is -0.389. The number of hydrogen-bond acceptors (Lipinski definition) is 4. The second-order valence-electron chi connectivity index (χ2n) is 5.42. The van der Waals surface area contributed by atoms with Gasteiger partial charge >= 0.3 is 5.82 Å². The van der Waals surface area contributed by atoms with Gasteiger partial charge in [-0.05, 0) is 24.2 Å². The number of carbonyl (C=O) groups is 1. The minimum absolute atomic E-state index is 0.00234. The first-order valence-corrected chi connectivity index (χ1v) is 6.85. The lowest BCUT2D eigenvalue weighted by Gasteiger charge is -2.13. The summed E-state index contributed by atoms with van der Waals surface area (Å²) in [5.41, 5.74) is 0. The van der Waals surface area contributed by atoms with E-state index in [4.69, 9.17) is 0 Å². The van der Waals surface area contributed by atoms with Crippen LogP contribution in [0.5, 0.6) is 0 Å². The summed E-state index contributed by atoms with van der Waals surface area (Å²) < 4.78 is 1.27. The average molecular weight is 282 g/mol. The summed E-state index contributed by atoms with van der Waals surface area (Å²) in [6.07, 6.45) is 4.59. The SMILES string of the molecule is CC(C)CCCC(C)NC(=O)Cn1ccc([N+](=O)[O-])n1. The molecule has 7 nitrogen and oxygen atoms in total. The monoisotopic (exact) mass is 282 g/mol. The van der Waals surface area contributed by atoms with Crippen molar-refractivity contribution in [2.45, 2.75) is 52.6 Å². The van der Waals surface area contributed by atoms with E-state index in [0.717, 1.165) is 19.3 Å². The molecule has 0 aliphatic heterocycles. The molecule has 1 aromatic heterocycles. The normalized spacial score (nSPS) is 12.4. The number of amides is 1. The minimum Gasteiger partial charge on any atom is -0.358 e. The quantitative estimate of drug-likeness (QED) is 0.584. The van der Waals surface area contributed by atoms with Gasteiger partial charge in [0.25, 0.3) is 0 Å². The topological polar surface area (TPSA) is 90.1 Å². The molecule has 1 rings (SSSR count). The first-order chi connectivity index (χ1) is 9.38. The summed E-state index contributed by atoms with van der Waals surface area (Å²) in [6, 6.07) is 1.38. The van der Waals surface area contributed by atoms with Crippen molar-refractivity contribution in [2.75, 3.05) is 0 Å². The second kappa shape index (κ2) is 7.62. The van der Waals surface area contributed by atoms with E-state index >= 15 is 0 Å². The van der Waals surface area contributed by atoms with Crippen molar-refractivity contribution in [3.05, 3.63) is 22.4 Å². The van der Waals surface area contributed by atoms with Gasteiger partial charge in [-0.25, -0.2) is 0 Å². The van der Waals surface area contributed by atoms with Crippen molar-refractivity contribution in [3.63, 3.8) is 0 Å². The molecule has 0 aliphatic rings. The maximum Gasteiger partial charge on any atom is 0.389 e. The summed E-state index contributed by atoms with van der Waals surface area (Å²) in [5.74, 6) is 0.241. The molecule has 20 heavy (non-hydrogen) atoms. The summed E-state index contributed by atoms with van der Waals surface area (Å²) in [4.78, 5) is 21.7. The molecule has 1 amide bonds. The molecule has 0 saturated heterocycles. The molecule has 0 radical (unpaired) electrons. The van der Waals surface area contributed by atoms with Crippen molar-refractivity contribution in [2.24, 2.45) is 5.92 Å². The summed E-state index contributed by atoms with van der Waals surface area (Å²) in [7, 11) is 0. The Kier molecular flexibility index (Phi) is 6.14. The number of hydrogen-bond donors (Lipinski definition) is 1. The van der Waals surface area contributed by atoms with Gasteiger partial charge < -0.3 is 15.4 Å². The fourth-order valence-electron chi connectivity index (χ4n) is 1.91. The van der Waals surface area contributed by atoms with Crippen LogP contribution in [-0.2, 0) is 11.3 Å². The number of nitrogens with one attached hydrogen (secondary N) is 1. The zero-order valence-electron chi connectivity index (χ0n) is 12.2. The Bertz CT molecular complexity index is 456. The Hall–Kier alpha value is -1.92. The van der Waals surface area contributed by atoms with Gasteiger partial charge in [0, 0.05) is 6.04 Å². The molecule has 0 spiro atoms.